The summed E-state index contributed by atoms with van der Waals surface area (Å²) >= 11 is 0. The standard InChI is InChI=1S/C27H25FN2O4/c1-32-27(31)24(19-10-3-2-4-11-19)33-16-7-8-17-34-26-22-14-5-6-15-23(22)29-25(30-26)20-12-9-13-21(28)18-20/h2-6,9-15,18,24H,7-8,16-17H2,1H3. The van der Waals surface area contributed by atoms with Gasteiger partial charge in [0.15, 0.2) is 11.9 Å². The van der Waals surface area contributed by atoms with Crippen LogP contribution in [0.5, 0.6) is 5.88 Å². The Hall–Kier alpha value is -3.84. The normalized spacial score (nSPS) is 11.8. The summed E-state index contributed by atoms with van der Waals surface area (Å²) in [6.45, 7) is 0.776. The maximum atomic E-state index is 13.7. The third kappa shape index (κ3) is 5.74. The first kappa shape index (κ1) is 23.3. The van der Waals surface area contributed by atoms with Crippen LogP contribution >= 0.6 is 0 Å². The number of carbonyl (C=O) groups is 1. The van der Waals surface area contributed by atoms with Gasteiger partial charge in [-0.2, -0.15) is 4.98 Å². The van der Waals surface area contributed by atoms with Gasteiger partial charge in [0.25, 0.3) is 0 Å². The van der Waals surface area contributed by atoms with Gasteiger partial charge in [0.1, 0.15) is 5.82 Å². The Balaban J connectivity index is 1.37. The van der Waals surface area contributed by atoms with E-state index in [1.165, 1.54) is 19.2 Å². The molecule has 0 spiro atoms. The zero-order chi connectivity index (χ0) is 23.8. The molecule has 4 rings (SSSR count). The number of aromatic nitrogens is 2. The van der Waals surface area contributed by atoms with Crippen LogP contribution in [0.15, 0.2) is 78.9 Å². The molecule has 6 nitrogen and oxygen atoms in total. The van der Waals surface area contributed by atoms with Gasteiger partial charge in [-0.15, -0.1) is 0 Å². The van der Waals surface area contributed by atoms with Gasteiger partial charge in [0.2, 0.25) is 5.88 Å². The molecule has 1 unspecified atom stereocenters. The fraction of sp³-hybridized carbons (Fsp3) is 0.222. The van der Waals surface area contributed by atoms with Crippen LogP contribution in [0.3, 0.4) is 0 Å². The second-order valence-corrected chi connectivity index (χ2v) is 7.62. The van der Waals surface area contributed by atoms with Crippen LogP contribution in [0, 0.1) is 5.82 Å². The molecule has 34 heavy (non-hydrogen) atoms. The van der Waals surface area contributed by atoms with Gasteiger partial charge >= 0.3 is 5.97 Å². The van der Waals surface area contributed by atoms with Crippen LogP contribution in [0.2, 0.25) is 0 Å². The summed E-state index contributed by atoms with van der Waals surface area (Å²) in [6.07, 6.45) is 0.614. The van der Waals surface area contributed by atoms with Gasteiger partial charge in [-0.25, -0.2) is 14.2 Å². The lowest BCUT2D eigenvalue weighted by atomic mass is 10.1. The number of halogens is 1. The number of carbonyl (C=O) groups excluding carboxylic acids is 1. The number of ether oxygens (including phenoxy) is 3. The first-order valence-electron chi connectivity index (χ1n) is 11.1. The van der Waals surface area contributed by atoms with Crippen LogP contribution in [0.1, 0.15) is 24.5 Å². The quantitative estimate of drug-likeness (QED) is 0.229. The lowest BCUT2D eigenvalue weighted by Crippen LogP contribution is -2.18. The van der Waals surface area contributed by atoms with Crippen molar-refractivity contribution in [2.45, 2.75) is 18.9 Å². The molecule has 4 aromatic rings. The van der Waals surface area contributed by atoms with Crippen molar-refractivity contribution in [3.8, 4) is 17.3 Å². The minimum absolute atomic E-state index is 0.350. The minimum Gasteiger partial charge on any atom is -0.477 e. The molecule has 1 aromatic heterocycles. The van der Waals surface area contributed by atoms with Crippen LogP contribution in [-0.2, 0) is 14.3 Å². The van der Waals surface area contributed by atoms with E-state index in [0.717, 1.165) is 16.5 Å². The van der Waals surface area contributed by atoms with Gasteiger partial charge in [0, 0.05) is 12.2 Å². The molecular weight excluding hydrogens is 435 g/mol. The fourth-order valence-electron chi connectivity index (χ4n) is 3.52. The monoisotopic (exact) mass is 460 g/mol. The average Bonchev–Trinajstić information content (AvgIpc) is 2.88. The molecule has 174 valence electrons. The van der Waals surface area contributed by atoms with Gasteiger partial charge in [0.05, 0.1) is 24.6 Å². The summed E-state index contributed by atoms with van der Waals surface area (Å²) in [4.78, 5) is 21.2. The molecule has 0 saturated carbocycles. The summed E-state index contributed by atoms with van der Waals surface area (Å²) in [5, 5.41) is 0.786. The summed E-state index contributed by atoms with van der Waals surface area (Å²) in [5.74, 6) is 0.0695. The van der Waals surface area contributed by atoms with E-state index in [1.807, 2.05) is 54.6 Å². The van der Waals surface area contributed by atoms with Crippen LogP contribution in [-0.4, -0.2) is 36.3 Å². The number of esters is 1. The van der Waals surface area contributed by atoms with Crippen molar-refractivity contribution in [2.24, 2.45) is 0 Å². The SMILES string of the molecule is COC(=O)C(OCCCCOc1nc(-c2cccc(F)c2)nc2ccccc12)c1ccccc1. The molecule has 3 aromatic carbocycles. The molecule has 0 aliphatic rings. The van der Waals surface area contributed by atoms with E-state index in [2.05, 4.69) is 9.97 Å². The lowest BCUT2D eigenvalue weighted by molar-refractivity contribution is -0.154. The Kier molecular flexibility index (Phi) is 7.78. The summed E-state index contributed by atoms with van der Waals surface area (Å²) in [6, 6.07) is 23.0. The van der Waals surface area contributed by atoms with Gasteiger partial charge in [-0.05, 0) is 42.7 Å². The molecule has 7 heteroatoms. The number of hydrogen-bond donors (Lipinski definition) is 0. The van der Waals surface area contributed by atoms with Crippen LogP contribution < -0.4 is 4.74 Å². The molecule has 0 amide bonds. The molecule has 0 saturated heterocycles. The lowest BCUT2D eigenvalue weighted by Gasteiger charge is -2.16. The van der Waals surface area contributed by atoms with E-state index >= 15 is 0 Å². The van der Waals surface area contributed by atoms with Crippen molar-refractivity contribution in [1.82, 2.24) is 9.97 Å². The van der Waals surface area contributed by atoms with Crippen LogP contribution in [0.4, 0.5) is 4.39 Å². The highest BCUT2D eigenvalue weighted by Gasteiger charge is 2.21. The van der Waals surface area contributed by atoms with E-state index in [0.29, 0.717) is 43.3 Å². The van der Waals surface area contributed by atoms with E-state index in [4.69, 9.17) is 14.2 Å². The first-order chi connectivity index (χ1) is 16.7. The predicted octanol–water partition coefficient (Wildman–Crippen LogP) is 5.53. The fourth-order valence-corrected chi connectivity index (χ4v) is 3.52. The smallest absolute Gasteiger partial charge is 0.339 e. The Bertz CT molecular complexity index is 1250. The molecule has 0 radical (unpaired) electrons. The highest BCUT2D eigenvalue weighted by Crippen LogP contribution is 2.27. The number of fused-ring (bicyclic) bond motifs is 1. The summed E-state index contributed by atoms with van der Waals surface area (Å²) in [7, 11) is 1.35. The highest BCUT2D eigenvalue weighted by molar-refractivity contribution is 5.85. The second-order valence-electron chi connectivity index (χ2n) is 7.62. The average molecular weight is 461 g/mol. The zero-order valence-corrected chi connectivity index (χ0v) is 18.8. The molecule has 0 fully saturated rings. The number of para-hydroxylation sites is 1. The summed E-state index contributed by atoms with van der Waals surface area (Å²) in [5.41, 5.74) is 2.06. The number of rotatable bonds is 10. The van der Waals surface area contributed by atoms with Crippen molar-refractivity contribution < 1.29 is 23.4 Å². The number of hydrogen-bond acceptors (Lipinski definition) is 6. The largest absolute Gasteiger partial charge is 0.477 e. The van der Waals surface area contributed by atoms with Crippen molar-refractivity contribution >= 4 is 16.9 Å². The third-order valence-corrected chi connectivity index (χ3v) is 5.23. The van der Waals surface area contributed by atoms with Crippen molar-refractivity contribution in [3.63, 3.8) is 0 Å². The Morgan fingerprint density at radius 3 is 2.47 bits per heavy atom. The number of nitrogens with zero attached hydrogens (tertiary/aromatic N) is 2. The topological polar surface area (TPSA) is 70.5 Å². The highest BCUT2D eigenvalue weighted by atomic mass is 19.1. The number of benzene rings is 3. The Morgan fingerprint density at radius 1 is 0.912 bits per heavy atom. The molecule has 1 heterocycles. The van der Waals surface area contributed by atoms with Crippen molar-refractivity contribution in [2.75, 3.05) is 20.3 Å². The van der Waals surface area contributed by atoms with E-state index in [9.17, 15) is 9.18 Å². The van der Waals surface area contributed by atoms with Gasteiger partial charge in [-0.1, -0.05) is 54.6 Å². The molecule has 1 atom stereocenters. The molecule has 0 bridgehead atoms. The van der Waals surface area contributed by atoms with Gasteiger partial charge < -0.3 is 14.2 Å². The summed E-state index contributed by atoms with van der Waals surface area (Å²) < 4.78 is 30.4. The maximum absolute atomic E-state index is 13.7. The number of methoxy groups -OCH3 is 1. The van der Waals surface area contributed by atoms with Crippen molar-refractivity contribution in [1.29, 1.82) is 0 Å². The van der Waals surface area contributed by atoms with E-state index in [1.54, 1.807) is 12.1 Å². The maximum Gasteiger partial charge on any atom is 0.339 e. The Morgan fingerprint density at radius 2 is 1.68 bits per heavy atom. The number of unbranched alkanes of at least 4 members (excludes halogenated alkanes) is 1. The van der Waals surface area contributed by atoms with Crippen LogP contribution in [0.25, 0.3) is 22.3 Å². The molecule has 0 N–H and O–H groups in total. The molecule has 0 aliphatic carbocycles. The minimum atomic E-state index is -0.758. The first-order valence-corrected chi connectivity index (χ1v) is 11.1. The molecular formula is C27H25FN2O4. The predicted molar refractivity (Wildman–Crippen MR) is 127 cm³/mol. The third-order valence-electron chi connectivity index (χ3n) is 5.23. The van der Waals surface area contributed by atoms with E-state index < -0.39 is 12.1 Å². The second kappa shape index (κ2) is 11.3. The Labute approximate surface area is 197 Å². The van der Waals surface area contributed by atoms with Gasteiger partial charge in [-0.3, -0.25) is 0 Å². The van der Waals surface area contributed by atoms with E-state index in [-0.39, 0.29) is 5.82 Å². The zero-order valence-electron chi connectivity index (χ0n) is 18.8. The van der Waals surface area contributed by atoms with Crippen molar-refractivity contribution in [3.05, 3.63) is 90.2 Å². The molecule has 0 aliphatic heterocycles.